The molecule has 1 nitrogen and oxygen atoms in total. The van der Waals surface area contributed by atoms with Crippen LogP contribution in [0.4, 0.5) is 8.78 Å². The fourth-order valence-electron chi connectivity index (χ4n) is 3.22. The molecule has 1 aliphatic rings. The summed E-state index contributed by atoms with van der Waals surface area (Å²) in [5.41, 5.74) is 0.198. The molecule has 1 aliphatic carbocycles. The lowest BCUT2D eigenvalue weighted by Crippen LogP contribution is -2.44. The summed E-state index contributed by atoms with van der Waals surface area (Å²) in [6, 6.07) is 4.62. The maximum Gasteiger partial charge on any atom is 0.129 e. The molecule has 4 unspecified atom stereocenters. The lowest BCUT2D eigenvalue weighted by atomic mass is 9.79. The predicted molar refractivity (Wildman–Crippen MR) is 78.6 cm³/mol. The molecule has 0 radical (unpaired) electrons. The van der Waals surface area contributed by atoms with Gasteiger partial charge in [-0.1, -0.05) is 26.3 Å². The van der Waals surface area contributed by atoms with E-state index in [1.165, 1.54) is 31.0 Å². The molecule has 20 heavy (non-hydrogen) atoms. The second-order valence-electron chi connectivity index (χ2n) is 6.47. The van der Waals surface area contributed by atoms with E-state index in [1.54, 1.807) is 0 Å². The van der Waals surface area contributed by atoms with Crippen LogP contribution in [0.25, 0.3) is 0 Å². The standard InChI is InChI=1S/C17H25F2N/c1-11-7-8-12(2)17(9-11)20-13(3)10-14-15(18)5-4-6-16(14)19/h4-6,11-13,17,20H,7-10H2,1-3H3. The second kappa shape index (κ2) is 6.66. The van der Waals surface area contributed by atoms with Gasteiger partial charge < -0.3 is 5.32 Å². The summed E-state index contributed by atoms with van der Waals surface area (Å²) in [5.74, 6) is 0.493. The number of hydrogen-bond donors (Lipinski definition) is 1. The van der Waals surface area contributed by atoms with Gasteiger partial charge in [0.15, 0.2) is 0 Å². The van der Waals surface area contributed by atoms with Crippen LogP contribution in [0.1, 0.15) is 45.6 Å². The number of rotatable bonds is 4. The van der Waals surface area contributed by atoms with Gasteiger partial charge in [0.25, 0.3) is 0 Å². The predicted octanol–water partition coefficient (Wildman–Crippen LogP) is 4.31. The Labute approximate surface area is 120 Å². The zero-order valence-electron chi connectivity index (χ0n) is 12.6. The summed E-state index contributed by atoms with van der Waals surface area (Å²) >= 11 is 0. The van der Waals surface area contributed by atoms with Crippen molar-refractivity contribution >= 4 is 0 Å². The topological polar surface area (TPSA) is 12.0 Å². The Balaban J connectivity index is 1.96. The van der Waals surface area contributed by atoms with E-state index in [-0.39, 0.29) is 11.6 Å². The molecule has 3 heteroatoms. The first-order chi connectivity index (χ1) is 9.47. The minimum absolute atomic E-state index is 0.0825. The Bertz CT molecular complexity index is 426. The van der Waals surface area contributed by atoms with Gasteiger partial charge in [0.1, 0.15) is 11.6 Å². The van der Waals surface area contributed by atoms with Gasteiger partial charge in [-0.25, -0.2) is 8.78 Å². The highest BCUT2D eigenvalue weighted by Gasteiger charge is 2.26. The Kier molecular flexibility index (Phi) is 5.14. The van der Waals surface area contributed by atoms with E-state index >= 15 is 0 Å². The van der Waals surface area contributed by atoms with E-state index in [4.69, 9.17) is 0 Å². The molecule has 0 heterocycles. The maximum absolute atomic E-state index is 13.7. The van der Waals surface area contributed by atoms with Crippen LogP contribution in [0.2, 0.25) is 0 Å². The monoisotopic (exact) mass is 281 g/mol. The van der Waals surface area contributed by atoms with E-state index in [0.717, 1.165) is 12.3 Å². The van der Waals surface area contributed by atoms with Crippen molar-refractivity contribution in [2.24, 2.45) is 11.8 Å². The highest BCUT2D eigenvalue weighted by Crippen LogP contribution is 2.29. The van der Waals surface area contributed by atoms with Crippen molar-refractivity contribution < 1.29 is 8.78 Å². The minimum Gasteiger partial charge on any atom is -0.311 e. The lowest BCUT2D eigenvalue weighted by Gasteiger charge is -2.35. The summed E-state index contributed by atoms with van der Waals surface area (Å²) in [6.07, 6.45) is 4.08. The van der Waals surface area contributed by atoms with Crippen LogP contribution >= 0.6 is 0 Å². The van der Waals surface area contributed by atoms with Gasteiger partial charge in [-0.3, -0.25) is 0 Å². The van der Waals surface area contributed by atoms with Gasteiger partial charge in [0, 0.05) is 17.6 Å². The fraction of sp³-hybridized carbons (Fsp3) is 0.647. The number of benzene rings is 1. The molecule has 112 valence electrons. The lowest BCUT2D eigenvalue weighted by molar-refractivity contribution is 0.215. The first-order valence-electron chi connectivity index (χ1n) is 7.66. The molecule has 0 aliphatic heterocycles. The molecule has 1 saturated carbocycles. The summed E-state index contributed by atoms with van der Waals surface area (Å²) in [5, 5.41) is 3.57. The van der Waals surface area contributed by atoms with Crippen molar-refractivity contribution in [2.45, 2.75) is 58.5 Å². The van der Waals surface area contributed by atoms with Gasteiger partial charge in [-0.15, -0.1) is 0 Å². The molecule has 1 aromatic rings. The Hall–Kier alpha value is -0.960. The van der Waals surface area contributed by atoms with Crippen LogP contribution in [0.15, 0.2) is 18.2 Å². The molecule has 0 aromatic heterocycles. The van der Waals surface area contributed by atoms with Gasteiger partial charge in [-0.2, -0.15) is 0 Å². The number of hydrogen-bond acceptors (Lipinski definition) is 1. The Morgan fingerprint density at radius 3 is 2.50 bits per heavy atom. The Morgan fingerprint density at radius 1 is 1.20 bits per heavy atom. The van der Waals surface area contributed by atoms with E-state index < -0.39 is 11.6 Å². The third-order valence-corrected chi connectivity index (χ3v) is 4.53. The molecule has 0 amide bonds. The van der Waals surface area contributed by atoms with E-state index in [9.17, 15) is 8.78 Å². The molecule has 4 atom stereocenters. The van der Waals surface area contributed by atoms with Crippen LogP contribution in [0, 0.1) is 23.5 Å². The molecular weight excluding hydrogens is 256 g/mol. The zero-order valence-corrected chi connectivity index (χ0v) is 12.6. The SMILES string of the molecule is CC1CCC(C)C(NC(C)Cc2c(F)cccc2F)C1. The Morgan fingerprint density at radius 2 is 1.85 bits per heavy atom. The third kappa shape index (κ3) is 3.78. The first kappa shape index (κ1) is 15.4. The van der Waals surface area contributed by atoms with E-state index in [1.807, 2.05) is 6.92 Å². The average molecular weight is 281 g/mol. The van der Waals surface area contributed by atoms with Crippen molar-refractivity contribution in [1.29, 1.82) is 0 Å². The normalized spacial score (nSPS) is 28.4. The minimum atomic E-state index is -0.441. The summed E-state index contributed by atoms with van der Waals surface area (Å²) in [6.45, 7) is 6.56. The van der Waals surface area contributed by atoms with Crippen molar-refractivity contribution in [2.75, 3.05) is 0 Å². The van der Waals surface area contributed by atoms with Gasteiger partial charge in [0.05, 0.1) is 0 Å². The summed E-state index contributed by atoms with van der Waals surface area (Å²) in [4.78, 5) is 0. The second-order valence-corrected chi connectivity index (χ2v) is 6.47. The van der Waals surface area contributed by atoms with Crippen molar-refractivity contribution in [1.82, 2.24) is 5.32 Å². The van der Waals surface area contributed by atoms with Crippen LogP contribution in [-0.4, -0.2) is 12.1 Å². The molecule has 1 fully saturated rings. The molecule has 1 N–H and O–H groups in total. The molecular formula is C17H25F2N. The van der Waals surface area contributed by atoms with Crippen LogP contribution in [0.3, 0.4) is 0 Å². The van der Waals surface area contributed by atoms with E-state index in [2.05, 4.69) is 19.2 Å². The quantitative estimate of drug-likeness (QED) is 0.867. The third-order valence-electron chi connectivity index (χ3n) is 4.53. The van der Waals surface area contributed by atoms with Crippen molar-refractivity contribution in [3.63, 3.8) is 0 Å². The summed E-state index contributed by atoms with van der Waals surface area (Å²) < 4.78 is 27.3. The van der Waals surface area contributed by atoms with Crippen LogP contribution in [0.5, 0.6) is 0 Å². The maximum atomic E-state index is 13.7. The highest BCUT2D eigenvalue weighted by molar-refractivity contribution is 5.20. The molecule has 0 saturated heterocycles. The van der Waals surface area contributed by atoms with Crippen molar-refractivity contribution in [3.8, 4) is 0 Å². The number of nitrogens with one attached hydrogen (secondary N) is 1. The molecule has 2 rings (SSSR count). The highest BCUT2D eigenvalue weighted by atomic mass is 19.1. The van der Waals surface area contributed by atoms with Crippen LogP contribution in [-0.2, 0) is 6.42 Å². The van der Waals surface area contributed by atoms with Crippen LogP contribution < -0.4 is 5.32 Å². The fourth-order valence-corrected chi connectivity index (χ4v) is 3.22. The molecule has 0 bridgehead atoms. The van der Waals surface area contributed by atoms with E-state index in [0.29, 0.717) is 18.4 Å². The summed E-state index contributed by atoms with van der Waals surface area (Å²) in [7, 11) is 0. The zero-order chi connectivity index (χ0) is 14.7. The largest absolute Gasteiger partial charge is 0.311 e. The van der Waals surface area contributed by atoms with Gasteiger partial charge in [0.2, 0.25) is 0 Å². The van der Waals surface area contributed by atoms with Gasteiger partial charge >= 0.3 is 0 Å². The average Bonchev–Trinajstić information content (AvgIpc) is 2.38. The first-order valence-corrected chi connectivity index (χ1v) is 7.66. The number of halogens is 2. The van der Waals surface area contributed by atoms with Crippen molar-refractivity contribution in [3.05, 3.63) is 35.4 Å². The molecule has 1 aromatic carbocycles. The van der Waals surface area contributed by atoms with Gasteiger partial charge in [-0.05, 0) is 50.2 Å². The smallest absolute Gasteiger partial charge is 0.129 e. The molecule has 0 spiro atoms.